The number of hydrogen-bond donors (Lipinski definition) is 0. The molecule has 8 heteroatoms. The van der Waals surface area contributed by atoms with Gasteiger partial charge in [-0.05, 0) is 63.6 Å². The number of amides is 1. The highest BCUT2D eigenvalue weighted by Crippen LogP contribution is 2.40. The number of hydrogen-bond acceptors (Lipinski definition) is 6. The Balaban J connectivity index is 1.70. The summed E-state index contributed by atoms with van der Waals surface area (Å²) in [5.41, 5.74) is 0.00549. The minimum atomic E-state index is -0.633. The largest absolute Gasteiger partial charge is 0.458 e. The summed E-state index contributed by atoms with van der Waals surface area (Å²) in [6.07, 6.45) is 4.05. The highest BCUT2D eigenvalue weighted by atomic mass is 16.6. The molecule has 1 aromatic carbocycles. The van der Waals surface area contributed by atoms with Gasteiger partial charge in [-0.3, -0.25) is 15.0 Å². The third-order valence-corrected chi connectivity index (χ3v) is 5.49. The van der Waals surface area contributed by atoms with Crippen molar-refractivity contribution in [3.63, 3.8) is 0 Å². The number of nitrogens with zero attached hydrogens (tertiary/aromatic N) is 2. The van der Waals surface area contributed by atoms with E-state index in [1.54, 1.807) is 17.0 Å². The molecule has 3 atom stereocenters. The summed E-state index contributed by atoms with van der Waals surface area (Å²) in [6, 6.07) is 5.23. The molecule has 1 saturated carbocycles. The monoisotopic (exact) mass is 404 g/mol. The molecule has 0 N–H and O–H groups in total. The van der Waals surface area contributed by atoms with E-state index in [0.717, 1.165) is 25.7 Å². The molecule has 1 aliphatic carbocycles. The highest BCUT2D eigenvalue weighted by Gasteiger charge is 2.49. The molecule has 0 radical (unpaired) electrons. The summed E-state index contributed by atoms with van der Waals surface area (Å²) >= 11 is 0. The van der Waals surface area contributed by atoms with Crippen LogP contribution >= 0.6 is 0 Å². The van der Waals surface area contributed by atoms with Crippen LogP contribution in [-0.2, 0) is 20.9 Å². The molecule has 158 valence electrons. The third kappa shape index (κ3) is 5.05. The Morgan fingerprint density at radius 2 is 1.83 bits per heavy atom. The molecule has 2 fully saturated rings. The summed E-state index contributed by atoms with van der Waals surface area (Å²) in [5, 5.41) is 10.8. The maximum atomic E-state index is 12.9. The molecule has 3 rings (SSSR count). The van der Waals surface area contributed by atoms with E-state index in [4.69, 9.17) is 9.47 Å². The van der Waals surface area contributed by atoms with Gasteiger partial charge in [-0.2, -0.15) is 0 Å². The van der Waals surface area contributed by atoms with E-state index in [-0.39, 0.29) is 30.2 Å². The smallest absolute Gasteiger partial charge is 0.411 e. The second-order valence-corrected chi connectivity index (χ2v) is 8.78. The number of benzene rings is 1. The zero-order chi connectivity index (χ0) is 21.2. The number of ether oxygens (including phenoxy) is 2. The number of non-ortho nitro benzene ring substituents is 1. The molecular weight excluding hydrogens is 376 g/mol. The maximum Gasteiger partial charge on any atom is 0.411 e. The molecule has 0 aromatic heterocycles. The Hall–Kier alpha value is -2.64. The van der Waals surface area contributed by atoms with Gasteiger partial charge in [0.25, 0.3) is 5.69 Å². The number of fused-ring (bicyclic) bond motifs is 1. The van der Waals surface area contributed by atoms with Crippen LogP contribution in [0.2, 0.25) is 0 Å². The van der Waals surface area contributed by atoms with Crippen LogP contribution in [0.3, 0.4) is 0 Å². The molecule has 0 spiro atoms. The van der Waals surface area contributed by atoms with Crippen molar-refractivity contribution in [3.05, 3.63) is 39.9 Å². The molecule has 3 unspecified atom stereocenters. The number of likely N-dealkylation sites (tertiary alicyclic amines) is 1. The predicted octanol–water partition coefficient (Wildman–Crippen LogP) is 4.21. The van der Waals surface area contributed by atoms with Crippen LogP contribution in [0, 0.1) is 16.0 Å². The zero-order valence-corrected chi connectivity index (χ0v) is 17.1. The van der Waals surface area contributed by atoms with Gasteiger partial charge in [-0.1, -0.05) is 12.8 Å². The number of carbonyl (C=O) groups excluding carboxylic acids is 2. The first-order valence-corrected chi connectivity index (χ1v) is 10.1. The summed E-state index contributed by atoms with van der Waals surface area (Å²) in [5.74, 6) is -0.104. The normalized spacial score (nSPS) is 24.0. The minimum Gasteiger partial charge on any atom is -0.458 e. The number of nitro groups is 1. The average molecular weight is 404 g/mol. The van der Waals surface area contributed by atoms with Crippen LogP contribution in [0.5, 0.6) is 0 Å². The Morgan fingerprint density at radius 1 is 1.17 bits per heavy atom. The van der Waals surface area contributed by atoms with Crippen LogP contribution in [-0.4, -0.2) is 39.6 Å². The second-order valence-electron chi connectivity index (χ2n) is 8.78. The molecule has 1 aliphatic heterocycles. The Morgan fingerprint density at radius 3 is 2.45 bits per heavy atom. The van der Waals surface area contributed by atoms with Gasteiger partial charge in [0.2, 0.25) is 0 Å². The van der Waals surface area contributed by atoms with Gasteiger partial charge in [0, 0.05) is 18.2 Å². The van der Waals surface area contributed by atoms with Crippen molar-refractivity contribution in [1.29, 1.82) is 0 Å². The van der Waals surface area contributed by atoms with Crippen molar-refractivity contribution >= 4 is 17.7 Å². The van der Waals surface area contributed by atoms with E-state index in [1.165, 1.54) is 12.1 Å². The van der Waals surface area contributed by atoms with Crippen LogP contribution in [0.1, 0.15) is 58.4 Å². The van der Waals surface area contributed by atoms with Crippen molar-refractivity contribution in [3.8, 4) is 0 Å². The molecule has 0 bridgehead atoms. The maximum absolute atomic E-state index is 12.9. The van der Waals surface area contributed by atoms with E-state index in [2.05, 4.69) is 0 Å². The van der Waals surface area contributed by atoms with Crippen molar-refractivity contribution in [2.24, 2.45) is 5.92 Å². The van der Waals surface area contributed by atoms with Gasteiger partial charge in [0.05, 0.1) is 4.92 Å². The van der Waals surface area contributed by atoms with Gasteiger partial charge in [-0.15, -0.1) is 0 Å². The first kappa shape index (κ1) is 21.1. The molecule has 1 saturated heterocycles. The molecule has 8 nitrogen and oxygen atoms in total. The first-order chi connectivity index (χ1) is 13.7. The van der Waals surface area contributed by atoms with E-state index >= 15 is 0 Å². The summed E-state index contributed by atoms with van der Waals surface area (Å²) in [6.45, 7) is 5.42. The lowest BCUT2D eigenvalue weighted by atomic mass is 9.85. The van der Waals surface area contributed by atoms with Crippen LogP contribution in [0.4, 0.5) is 10.5 Å². The van der Waals surface area contributed by atoms with E-state index in [0.29, 0.717) is 12.0 Å². The van der Waals surface area contributed by atoms with Crippen LogP contribution in [0.25, 0.3) is 0 Å². The van der Waals surface area contributed by atoms with Gasteiger partial charge >= 0.3 is 12.1 Å². The van der Waals surface area contributed by atoms with Gasteiger partial charge in [-0.25, -0.2) is 9.59 Å². The van der Waals surface area contributed by atoms with Crippen molar-refractivity contribution in [1.82, 2.24) is 4.90 Å². The zero-order valence-electron chi connectivity index (χ0n) is 17.1. The molecule has 1 amide bonds. The van der Waals surface area contributed by atoms with Gasteiger partial charge in [0.1, 0.15) is 18.2 Å². The topological polar surface area (TPSA) is 99.0 Å². The lowest BCUT2D eigenvalue weighted by molar-refractivity contribution is -0.384. The lowest BCUT2D eigenvalue weighted by Gasteiger charge is -2.33. The third-order valence-electron chi connectivity index (χ3n) is 5.49. The van der Waals surface area contributed by atoms with Crippen LogP contribution < -0.4 is 0 Å². The fourth-order valence-electron chi connectivity index (χ4n) is 4.24. The van der Waals surface area contributed by atoms with Gasteiger partial charge in [0.15, 0.2) is 0 Å². The van der Waals surface area contributed by atoms with E-state index < -0.39 is 22.7 Å². The minimum absolute atomic E-state index is 0.00818. The standard InChI is InChI=1S/C21H28N2O6/c1-21(2,3)29-19(24)18-12-15-6-4-5-7-17(15)22(18)20(25)28-13-14-8-10-16(11-9-14)23(26)27/h8-11,15,17-18H,4-7,12-13H2,1-3H3. The number of carbonyl (C=O) groups is 2. The number of esters is 1. The number of rotatable bonds is 4. The van der Waals surface area contributed by atoms with Crippen LogP contribution in [0.15, 0.2) is 24.3 Å². The summed E-state index contributed by atoms with van der Waals surface area (Å²) < 4.78 is 11.0. The predicted molar refractivity (Wildman–Crippen MR) is 105 cm³/mol. The van der Waals surface area contributed by atoms with Crippen molar-refractivity contribution in [2.75, 3.05) is 0 Å². The quantitative estimate of drug-likeness (QED) is 0.423. The molecule has 1 heterocycles. The second kappa shape index (κ2) is 8.39. The molecular formula is C21H28N2O6. The lowest BCUT2D eigenvalue weighted by Crippen LogP contribution is -2.48. The van der Waals surface area contributed by atoms with Crippen molar-refractivity contribution in [2.45, 2.75) is 77.2 Å². The molecule has 2 aliphatic rings. The Bertz CT molecular complexity index is 770. The summed E-state index contributed by atoms with van der Waals surface area (Å²) in [7, 11) is 0. The molecule has 29 heavy (non-hydrogen) atoms. The van der Waals surface area contributed by atoms with E-state index in [9.17, 15) is 19.7 Å². The fourth-order valence-corrected chi connectivity index (χ4v) is 4.24. The van der Waals surface area contributed by atoms with Crippen molar-refractivity contribution < 1.29 is 24.0 Å². The summed E-state index contributed by atoms with van der Waals surface area (Å²) in [4.78, 5) is 37.5. The number of nitro benzene ring substituents is 1. The fraction of sp³-hybridized carbons (Fsp3) is 0.619. The van der Waals surface area contributed by atoms with E-state index in [1.807, 2.05) is 20.8 Å². The Labute approximate surface area is 170 Å². The first-order valence-electron chi connectivity index (χ1n) is 10.1. The highest BCUT2D eigenvalue weighted by molar-refractivity contribution is 5.83. The SMILES string of the molecule is CC(C)(C)OC(=O)C1CC2CCCCC2N1C(=O)OCc1ccc([N+](=O)[O-])cc1. The van der Waals surface area contributed by atoms with Gasteiger partial charge < -0.3 is 9.47 Å². The Kier molecular flexibility index (Phi) is 6.10. The average Bonchev–Trinajstić information content (AvgIpc) is 3.05. The molecule has 1 aromatic rings.